The molecule has 4 heterocycles. The minimum atomic E-state index is 0.00372. The summed E-state index contributed by atoms with van der Waals surface area (Å²) in [5.74, 6) is 2.48. The third-order valence-electron chi connectivity index (χ3n) is 10.1. The number of likely N-dealkylation sites (tertiary alicyclic amines) is 1. The highest BCUT2D eigenvalue weighted by Gasteiger charge is 2.47. The molecule has 3 aliphatic rings. The Labute approximate surface area is 256 Å². The third-order valence-corrected chi connectivity index (χ3v) is 10.1. The molecule has 0 spiro atoms. The summed E-state index contributed by atoms with van der Waals surface area (Å²) in [6.45, 7) is 1.74. The van der Waals surface area contributed by atoms with Gasteiger partial charge in [-0.25, -0.2) is 9.97 Å². The monoisotopic (exact) mass is 590 g/mol. The summed E-state index contributed by atoms with van der Waals surface area (Å²) in [7, 11) is 3.66. The van der Waals surface area contributed by atoms with Crippen LogP contribution in [-0.2, 0) is 20.0 Å². The number of amides is 1. The topological polar surface area (TPSA) is 111 Å². The van der Waals surface area contributed by atoms with E-state index in [4.69, 9.17) is 20.4 Å². The zero-order chi connectivity index (χ0) is 30.1. The van der Waals surface area contributed by atoms with Crippen LogP contribution < -0.4 is 10.5 Å². The molecule has 0 radical (unpaired) electrons. The lowest BCUT2D eigenvalue weighted by Gasteiger charge is -2.27. The Hall–Kier alpha value is -4.21. The molecule has 2 unspecified atom stereocenters. The fraction of sp³-hybridized carbons (Fsp3) is 0.400. The standard InChI is InChI=1S/C35H38N6O3/c1-39-32-27(15-25(17-30(32)44-2)35(43)41-19-24-10-12-28(41)31(24)36)38-34(39)29-16-23-9-11-26(22-7-5-20(6-8-22)13-14-42)37-33(23)40(29)18-21-3-4-21/h5-9,11,15-17,21,24,28,31,42H,3-4,10,12-14,18-19,36H2,1-2H3/t24?,28?,31-/m1/s1. The van der Waals surface area contributed by atoms with Gasteiger partial charge in [0.2, 0.25) is 0 Å². The normalized spacial score (nSPS) is 21.2. The van der Waals surface area contributed by atoms with E-state index >= 15 is 0 Å². The van der Waals surface area contributed by atoms with Gasteiger partial charge in [-0.3, -0.25) is 4.79 Å². The largest absolute Gasteiger partial charge is 0.494 e. The number of carbonyl (C=O) groups is 1. The number of imidazole rings is 1. The summed E-state index contributed by atoms with van der Waals surface area (Å²) in [5, 5.41) is 10.4. The second-order valence-corrected chi connectivity index (χ2v) is 12.8. The number of aryl methyl sites for hydroxylation is 1. The van der Waals surface area contributed by atoms with E-state index in [1.54, 1.807) is 7.11 Å². The first-order valence-electron chi connectivity index (χ1n) is 15.8. The molecule has 3 aromatic heterocycles. The summed E-state index contributed by atoms with van der Waals surface area (Å²) < 4.78 is 10.3. The van der Waals surface area contributed by atoms with Gasteiger partial charge >= 0.3 is 0 Å². The van der Waals surface area contributed by atoms with Crippen LogP contribution in [0.15, 0.2) is 54.6 Å². The number of benzene rings is 2. The van der Waals surface area contributed by atoms with Crippen molar-refractivity contribution in [1.29, 1.82) is 0 Å². The first-order chi connectivity index (χ1) is 21.4. The van der Waals surface area contributed by atoms with Gasteiger partial charge in [-0.1, -0.05) is 24.3 Å². The van der Waals surface area contributed by atoms with E-state index < -0.39 is 0 Å². The van der Waals surface area contributed by atoms with Gasteiger partial charge in [0.15, 0.2) is 5.82 Å². The number of piperidine rings is 1. The fourth-order valence-corrected chi connectivity index (χ4v) is 7.45. The van der Waals surface area contributed by atoms with Crippen molar-refractivity contribution >= 4 is 28.0 Å². The van der Waals surface area contributed by atoms with Crippen LogP contribution in [0.3, 0.4) is 0 Å². The number of carbonyl (C=O) groups excluding carboxylic acids is 1. The van der Waals surface area contributed by atoms with Crippen molar-refractivity contribution in [2.45, 2.75) is 50.7 Å². The second kappa shape index (κ2) is 10.5. The van der Waals surface area contributed by atoms with E-state index in [0.29, 0.717) is 29.6 Å². The fourth-order valence-electron chi connectivity index (χ4n) is 7.45. The number of aromatic nitrogens is 4. The summed E-state index contributed by atoms with van der Waals surface area (Å²) in [5.41, 5.74) is 13.6. The summed E-state index contributed by atoms with van der Waals surface area (Å²) in [6, 6.07) is 18.6. The molecule has 1 aliphatic heterocycles. The molecular formula is C35H38N6O3. The van der Waals surface area contributed by atoms with Crippen molar-refractivity contribution in [3.05, 3.63) is 65.7 Å². The minimum absolute atomic E-state index is 0.00372. The van der Waals surface area contributed by atoms with Crippen LogP contribution in [0.5, 0.6) is 5.75 Å². The molecule has 226 valence electrons. The van der Waals surface area contributed by atoms with Crippen LogP contribution in [0, 0.1) is 11.8 Å². The number of methoxy groups -OCH3 is 1. The number of ether oxygens (including phenoxy) is 1. The first-order valence-corrected chi connectivity index (χ1v) is 15.8. The van der Waals surface area contributed by atoms with Gasteiger partial charge in [-0.2, -0.15) is 0 Å². The van der Waals surface area contributed by atoms with Crippen LogP contribution in [0.2, 0.25) is 0 Å². The average Bonchev–Trinajstić information content (AvgIpc) is 3.45. The molecule has 5 aromatic rings. The molecule has 1 saturated heterocycles. The van der Waals surface area contributed by atoms with Gasteiger partial charge in [-0.15, -0.1) is 0 Å². The number of fused-ring (bicyclic) bond motifs is 4. The predicted molar refractivity (Wildman–Crippen MR) is 170 cm³/mol. The van der Waals surface area contributed by atoms with Gasteiger partial charge in [-0.05, 0) is 79.8 Å². The van der Waals surface area contributed by atoms with Gasteiger partial charge in [0, 0.05) is 55.3 Å². The Morgan fingerprint density at radius 3 is 2.55 bits per heavy atom. The predicted octanol–water partition coefficient (Wildman–Crippen LogP) is 4.77. The lowest BCUT2D eigenvalue weighted by atomic mass is 10.1. The zero-order valence-corrected chi connectivity index (χ0v) is 25.2. The summed E-state index contributed by atoms with van der Waals surface area (Å²) in [6.07, 6.45) is 5.15. The first kappa shape index (κ1) is 27.3. The number of aliphatic hydroxyl groups excluding tert-OH is 1. The highest BCUT2D eigenvalue weighted by Crippen LogP contribution is 2.40. The Kier molecular flexibility index (Phi) is 6.50. The number of aliphatic hydroxyl groups is 1. The molecule has 9 nitrogen and oxygen atoms in total. The van der Waals surface area contributed by atoms with Crippen LogP contribution in [0.25, 0.3) is 44.8 Å². The Bertz CT molecular complexity index is 1900. The van der Waals surface area contributed by atoms with E-state index in [-0.39, 0.29) is 24.6 Å². The van der Waals surface area contributed by atoms with Crippen molar-refractivity contribution in [3.8, 4) is 28.5 Å². The second-order valence-electron chi connectivity index (χ2n) is 12.8. The van der Waals surface area contributed by atoms with Crippen molar-refractivity contribution in [1.82, 2.24) is 24.0 Å². The molecule has 2 saturated carbocycles. The molecular weight excluding hydrogens is 552 g/mol. The molecule has 1 amide bonds. The molecule has 8 rings (SSSR count). The number of hydrogen-bond acceptors (Lipinski definition) is 6. The van der Waals surface area contributed by atoms with Crippen LogP contribution in [0.1, 0.15) is 41.6 Å². The summed E-state index contributed by atoms with van der Waals surface area (Å²) in [4.78, 5) is 26.0. The number of pyridine rings is 1. The maximum absolute atomic E-state index is 13.7. The van der Waals surface area contributed by atoms with Crippen LogP contribution in [0.4, 0.5) is 0 Å². The average molecular weight is 591 g/mol. The lowest BCUT2D eigenvalue weighted by molar-refractivity contribution is 0.0700. The Morgan fingerprint density at radius 1 is 1.05 bits per heavy atom. The van der Waals surface area contributed by atoms with Crippen molar-refractivity contribution in [3.63, 3.8) is 0 Å². The zero-order valence-electron chi connectivity index (χ0n) is 25.2. The number of nitrogens with zero attached hydrogens (tertiary/aromatic N) is 5. The summed E-state index contributed by atoms with van der Waals surface area (Å²) >= 11 is 0. The van der Waals surface area contributed by atoms with Crippen LogP contribution >= 0.6 is 0 Å². The quantitative estimate of drug-likeness (QED) is 0.269. The Balaban J connectivity index is 1.21. The highest BCUT2D eigenvalue weighted by atomic mass is 16.5. The molecule has 2 aromatic carbocycles. The molecule has 3 N–H and O–H groups in total. The molecule has 44 heavy (non-hydrogen) atoms. The number of rotatable bonds is 8. The highest BCUT2D eigenvalue weighted by molar-refractivity contribution is 6.00. The van der Waals surface area contributed by atoms with E-state index in [1.165, 1.54) is 12.8 Å². The number of hydrogen-bond donors (Lipinski definition) is 2. The maximum atomic E-state index is 13.7. The van der Waals surface area contributed by atoms with Crippen molar-refractivity contribution in [2.75, 3.05) is 20.3 Å². The van der Waals surface area contributed by atoms with E-state index in [0.717, 1.165) is 76.3 Å². The molecule has 2 aliphatic carbocycles. The number of nitrogens with two attached hydrogens (primary N) is 1. The van der Waals surface area contributed by atoms with E-state index in [9.17, 15) is 9.90 Å². The molecule has 3 atom stereocenters. The maximum Gasteiger partial charge on any atom is 0.254 e. The Morgan fingerprint density at radius 2 is 1.86 bits per heavy atom. The lowest BCUT2D eigenvalue weighted by Crippen LogP contribution is -2.41. The molecule has 9 heteroatoms. The van der Waals surface area contributed by atoms with Crippen molar-refractivity contribution < 1.29 is 14.6 Å². The van der Waals surface area contributed by atoms with Crippen LogP contribution in [-0.4, -0.2) is 67.4 Å². The minimum Gasteiger partial charge on any atom is -0.494 e. The third kappa shape index (κ3) is 4.40. The van der Waals surface area contributed by atoms with Gasteiger partial charge in [0.1, 0.15) is 16.9 Å². The van der Waals surface area contributed by atoms with Crippen molar-refractivity contribution in [2.24, 2.45) is 24.6 Å². The molecule has 3 fully saturated rings. The van der Waals surface area contributed by atoms with E-state index in [2.05, 4.69) is 51.6 Å². The van der Waals surface area contributed by atoms with Gasteiger partial charge in [0.05, 0.1) is 24.0 Å². The smallest absolute Gasteiger partial charge is 0.254 e. The molecule has 2 bridgehead atoms. The van der Waals surface area contributed by atoms with Gasteiger partial charge in [0.25, 0.3) is 5.91 Å². The van der Waals surface area contributed by atoms with Gasteiger partial charge < -0.3 is 29.6 Å². The SMILES string of the molecule is COc1cc(C(=O)N2CC3CCC2[C@@H]3N)cc2nc(-c3cc4ccc(-c5ccc(CCO)cc5)nc4n3CC3CC3)n(C)c12. The van der Waals surface area contributed by atoms with E-state index in [1.807, 2.05) is 24.1 Å².